The maximum Gasteiger partial charge on any atom is 0.487 e. The highest BCUT2D eigenvalue weighted by Crippen LogP contribution is 2.32. The highest BCUT2D eigenvalue weighted by Gasteiger charge is 2.40. The fourth-order valence-electron chi connectivity index (χ4n) is 2.71. The third-order valence-electron chi connectivity index (χ3n) is 3.98. The monoisotopic (exact) mass is 474 g/mol. The second kappa shape index (κ2) is 9.20. The summed E-state index contributed by atoms with van der Waals surface area (Å²) >= 11 is 11.5. The van der Waals surface area contributed by atoms with Crippen molar-refractivity contribution in [3.63, 3.8) is 0 Å². The Balaban J connectivity index is 1.57. The Morgan fingerprint density at radius 1 is 1.17 bits per heavy atom. The maximum absolute atomic E-state index is 12.7. The predicted molar refractivity (Wildman–Crippen MR) is 111 cm³/mol. The van der Waals surface area contributed by atoms with Gasteiger partial charge in [-0.15, -0.1) is 20.5 Å². The average molecular weight is 475 g/mol. The second-order valence-corrected chi connectivity index (χ2v) is 8.24. The van der Waals surface area contributed by atoms with Crippen molar-refractivity contribution >= 4 is 64.1 Å². The van der Waals surface area contributed by atoms with E-state index in [1.807, 2.05) is 0 Å². The van der Waals surface area contributed by atoms with E-state index in [0.717, 1.165) is 16.7 Å². The summed E-state index contributed by atoms with van der Waals surface area (Å²) in [7, 11) is 0. The smallest absolute Gasteiger partial charge is 0.420 e. The number of imide groups is 1. The van der Waals surface area contributed by atoms with Crippen molar-refractivity contribution in [1.29, 1.82) is 0 Å². The van der Waals surface area contributed by atoms with Gasteiger partial charge in [-0.05, 0) is 48.5 Å². The second-order valence-electron chi connectivity index (χ2n) is 6.17. The third kappa shape index (κ3) is 5.84. The minimum absolute atomic E-state index is 0.0300. The lowest BCUT2D eigenvalue weighted by atomic mass is 10.3. The number of alkyl halides is 3. The Bertz CT molecular complexity index is 953. The van der Waals surface area contributed by atoms with Gasteiger partial charge < -0.3 is 10.1 Å². The SMILES string of the molecule is O=C(CS[C@@H]1CC(=O)N(c2ccc(OC(F)(F)Cl)cc2)C1=O)Nc1ccc(Cl)cc1. The zero-order chi connectivity index (χ0) is 21.9. The summed E-state index contributed by atoms with van der Waals surface area (Å²) < 4.78 is 29.5. The Morgan fingerprint density at radius 2 is 1.80 bits per heavy atom. The number of anilines is 2. The summed E-state index contributed by atoms with van der Waals surface area (Å²) in [6.07, 6.45) is -0.0737. The van der Waals surface area contributed by atoms with Gasteiger partial charge in [0.1, 0.15) is 5.75 Å². The van der Waals surface area contributed by atoms with Crippen LogP contribution < -0.4 is 15.0 Å². The summed E-state index contributed by atoms with van der Waals surface area (Å²) in [6, 6.07) is 11.5. The Morgan fingerprint density at radius 3 is 2.40 bits per heavy atom. The summed E-state index contributed by atoms with van der Waals surface area (Å²) in [5.41, 5.74) is -3.09. The summed E-state index contributed by atoms with van der Waals surface area (Å²) in [5.74, 6) is -1.52. The minimum atomic E-state index is -3.87. The maximum atomic E-state index is 12.7. The molecule has 1 heterocycles. The van der Waals surface area contributed by atoms with Crippen molar-refractivity contribution in [2.24, 2.45) is 0 Å². The van der Waals surface area contributed by atoms with Crippen LogP contribution in [0.5, 0.6) is 5.75 Å². The normalized spacial score (nSPS) is 16.7. The molecule has 3 rings (SSSR count). The van der Waals surface area contributed by atoms with E-state index in [9.17, 15) is 23.2 Å². The Labute approximate surface area is 184 Å². The lowest BCUT2D eigenvalue weighted by molar-refractivity contribution is -0.121. The molecule has 1 saturated heterocycles. The van der Waals surface area contributed by atoms with Crippen LogP contribution in [0.1, 0.15) is 6.42 Å². The molecule has 0 unspecified atom stereocenters. The number of amides is 3. The first-order valence-corrected chi connectivity index (χ1v) is 10.3. The molecule has 0 bridgehead atoms. The predicted octanol–water partition coefficient (Wildman–Crippen LogP) is 4.51. The molecule has 1 fully saturated rings. The number of benzene rings is 2. The van der Waals surface area contributed by atoms with Gasteiger partial charge in [-0.3, -0.25) is 14.4 Å². The van der Waals surface area contributed by atoms with Gasteiger partial charge in [0.05, 0.1) is 16.7 Å². The lowest BCUT2D eigenvalue weighted by Gasteiger charge is -2.16. The number of rotatable bonds is 7. The van der Waals surface area contributed by atoms with Crippen molar-refractivity contribution in [2.45, 2.75) is 17.2 Å². The van der Waals surface area contributed by atoms with Gasteiger partial charge in [-0.2, -0.15) is 0 Å². The summed E-state index contributed by atoms with van der Waals surface area (Å²) in [4.78, 5) is 37.9. The Kier molecular flexibility index (Phi) is 6.84. The standard InChI is InChI=1S/C19H14Cl2F2N2O4S/c20-11-1-3-12(4-2-11)24-16(26)10-30-15-9-17(27)25(18(15)28)13-5-7-14(8-6-13)29-19(21,22)23/h1-8,15H,9-10H2,(H,24,26)/t15-/m1/s1. The van der Waals surface area contributed by atoms with E-state index < -0.39 is 22.6 Å². The average Bonchev–Trinajstić information content (AvgIpc) is 2.95. The molecule has 1 N–H and O–H groups in total. The largest absolute Gasteiger partial charge is 0.487 e. The number of hydrogen-bond acceptors (Lipinski definition) is 5. The summed E-state index contributed by atoms with van der Waals surface area (Å²) in [6.45, 7) is 0. The van der Waals surface area contributed by atoms with Crippen molar-refractivity contribution in [1.82, 2.24) is 0 Å². The molecule has 1 aliphatic heterocycles. The van der Waals surface area contributed by atoms with Gasteiger partial charge in [-0.1, -0.05) is 11.6 Å². The van der Waals surface area contributed by atoms with Crippen LogP contribution in [-0.2, 0) is 14.4 Å². The van der Waals surface area contributed by atoms with Gasteiger partial charge in [0.25, 0.3) is 0 Å². The van der Waals surface area contributed by atoms with Crippen molar-refractivity contribution in [2.75, 3.05) is 16.0 Å². The van der Waals surface area contributed by atoms with Gasteiger partial charge in [0, 0.05) is 28.7 Å². The van der Waals surface area contributed by atoms with Crippen LogP contribution in [-0.4, -0.2) is 34.3 Å². The van der Waals surface area contributed by atoms with Crippen LogP contribution in [0.2, 0.25) is 5.02 Å². The molecular weight excluding hydrogens is 461 g/mol. The van der Waals surface area contributed by atoms with Crippen molar-refractivity contribution in [3.8, 4) is 5.75 Å². The molecule has 0 aromatic heterocycles. The molecular formula is C19H14Cl2F2N2O4S. The molecule has 1 aliphatic rings. The number of nitrogens with zero attached hydrogens (tertiary/aromatic N) is 1. The quantitative estimate of drug-likeness (QED) is 0.471. The first-order chi connectivity index (χ1) is 14.1. The van der Waals surface area contributed by atoms with Crippen LogP contribution >= 0.6 is 35.0 Å². The number of hydrogen-bond donors (Lipinski definition) is 1. The molecule has 0 saturated carbocycles. The number of thioether (sulfide) groups is 1. The van der Waals surface area contributed by atoms with Crippen LogP contribution in [0, 0.1) is 0 Å². The summed E-state index contributed by atoms with van der Waals surface area (Å²) in [5, 5.41) is 2.48. The number of halogens is 4. The van der Waals surface area contributed by atoms with E-state index in [0.29, 0.717) is 10.7 Å². The van der Waals surface area contributed by atoms with Crippen LogP contribution in [0.4, 0.5) is 20.2 Å². The van der Waals surface area contributed by atoms with E-state index in [4.69, 9.17) is 23.2 Å². The molecule has 0 radical (unpaired) electrons. The van der Waals surface area contributed by atoms with E-state index >= 15 is 0 Å². The van der Waals surface area contributed by atoms with Gasteiger partial charge in [0.2, 0.25) is 17.7 Å². The number of nitrogens with one attached hydrogen (secondary N) is 1. The Hall–Kier alpha value is -2.36. The molecule has 11 heteroatoms. The number of carbonyl (C=O) groups is 3. The number of ether oxygens (including phenoxy) is 1. The molecule has 3 amide bonds. The highest BCUT2D eigenvalue weighted by molar-refractivity contribution is 8.01. The van der Waals surface area contributed by atoms with Crippen LogP contribution in [0.15, 0.2) is 48.5 Å². The van der Waals surface area contributed by atoms with E-state index in [2.05, 4.69) is 10.1 Å². The van der Waals surface area contributed by atoms with E-state index in [1.165, 1.54) is 24.3 Å². The molecule has 2 aromatic rings. The molecule has 0 spiro atoms. The zero-order valence-electron chi connectivity index (χ0n) is 15.1. The molecule has 158 valence electrons. The highest BCUT2D eigenvalue weighted by atomic mass is 35.5. The van der Waals surface area contributed by atoms with E-state index in [-0.39, 0.29) is 29.5 Å². The fraction of sp³-hybridized carbons (Fsp3) is 0.211. The van der Waals surface area contributed by atoms with Crippen molar-refractivity contribution < 1.29 is 27.9 Å². The first-order valence-electron chi connectivity index (χ1n) is 8.52. The minimum Gasteiger partial charge on any atom is -0.420 e. The molecule has 1 atom stereocenters. The first kappa shape index (κ1) is 22.3. The van der Waals surface area contributed by atoms with Gasteiger partial charge >= 0.3 is 5.57 Å². The van der Waals surface area contributed by atoms with E-state index in [1.54, 1.807) is 24.3 Å². The molecule has 0 aliphatic carbocycles. The van der Waals surface area contributed by atoms with Crippen LogP contribution in [0.25, 0.3) is 0 Å². The lowest BCUT2D eigenvalue weighted by Crippen LogP contribution is -2.31. The molecule has 2 aromatic carbocycles. The van der Waals surface area contributed by atoms with Crippen LogP contribution in [0.3, 0.4) is 0 Å². The van der Waals surface area contributed by atoms with Crippen molar-refractivity contribution in [3.05, 3.63) is 53.6 Å². The zero-order valence-corrected chi connectivity index (χ0v) is 17.4. The van der Waals surface area contributed by atoms with Gasteiger partial charge in [-0.25, -0.2) is 4.90 Å². The number of carbonyl (C=O) groups excluding carboxylic acids is 3. The molecule has 30 heavy (non-hydrogen) atoms. The topological polar surface area (TPSA) is 75.7 Å². The third-order valence-corrected chi connectivity index (χ3v) is 5.51. The fourth-order valence-corrected chi connectivity index (χ4v) is 3.86. The van der Waals surface area contributed by atoms with Gasteiger partial charge in [0.15, 0.2) is 0 Å². The molecule has 6 nitrogen and oxygen atoms in total.